The average molecular weight is 426 g/mol. The van der Waals surface area contributed by atoms with Crippen molar-refractivity contribution in [1.29, 1.82) is 0 Å². The SMILES string of the molecule is CC1=C(CCC(=O)O)[C@H](c2ccccc2Cl)c2c(nc3c(c2N)CC(C)(C)CC3)N1. The summed E-state index contributed by atoms with van der Waals surface area (Å²) >= 11 is 6.62. The number of aryl methyl sites for hydroxylation is 1. The van der Waals surface area contributed by atoms with E-state index in [1.54, 1.807) is 0 Å². The molecule has 30 heavy (non-hydrogen) atoms. The van der Waals surface area contributed by atoms with E-state index in [2.05, 4.69) is 19.2 Å². The van der Waals surface area contributed by atoms with Gasteiger partial charge in [-0.3, -0.25) is 4.79 Å². The number of nitrogens with zero attached hydrogens (tertiary/aromatic N) is 1. The summed E-state index contributed by atoms with van der Waals surface area (Å²) in [6, 6.07) is 7.73. The Morgan fingerprint density at radius 1 is 1.37 bits per heavy atom. The molecule has 0 amide bonds. The first-order valence-electron chi connectivity index (χ1n) is 10.4. The first-order valence-corrected chi connectivity index (χ1v) is 10.8. The number of rotatable bonds is 4. The molecule has 0 radical (unpaired) electrons. The Balaban J connectivity index is 1.93. The van der Waals surface area contributed by atoms with Crippen LogP contribution in [0, 0.1) is 5.41 Å². The lowest BCUT2D eigenvalue weighted by atomic mass is 9.73. The number of nitrogen functional groups attached to an aromatic ring is 1. The molecular weight excluding hydrogens is 398 g/mol. The van der Waals surface area contributed by atoms with E-state index in [1.165, 1.54) is 0 Å². The Hall–Kier alpha value is -2.53. The zero-order valence-electron chi connectivity index (χ0n) is 17.7. The summed E-state index contributed by atoms with van der Waals surface area (Å²) in [6.07, 6.45) is 3.35. The number of nitrogens with one attached hydrogen (secondary N) is 1. The average Bonchev–Trinajstić information content (AvgIpc) is 2.67. The summed E-state index contributed by atoms with van der Waals surface area (Å²) in [7, 11) is 0. The molecule has 1 atom stereocenters. The van der Waals surface area contributed by atoms with Crippen molar-refractivity contribution < 1.29 is 9.90 Å². The molecule has 2 heterocycles. The summed E-state index contributed by atoms with van der Waals surface area (Å²) in [4.78, 5) is 16.3. The van der Waals surface area contributed by atoms with Crippen LogP contribution in [0.3, 0.4) is 0 Å². The van der Waals surface area contributed by atoms with Gasteiger partial charge in [-0.05, 0) is 60.8 Å². The number of aliphatic carboxylic acids is 1. The van der Waals surface area contributed by atoms with Crippen LogP contribution in [0.5, 0.6) is 0 Å². The Kier molecular flexibility index (Phi) is 5.27. The minimum Gasteiger partial charge on any atom is -0.481 e. The van der Waals surface area contributed by atoms with Crippen LogP contribution >= 0.6 is 11.6 Å². The van der Waals surface area contributed by atoms with Crippen molar-refractivity contribution >= 4 is 29.1 Å². The van der Waals surface area contributed by atoms with E-state index in [0.29, 0.717) is 11.4 Å². The molecule has 0 saturated carbocycles. The van der Waals surface area contributed by atoms with E-state index < -0.39 is 5.97 Å². The van der Waals surface area contributed by atoms with Crippen LogP contribution in [0.4, 0.5) is 11.5 Å². The van der Waals surface area contributed by atoms with E-state index in [-0.39, 0.29) is 17.8 Å². The van der Waals surface area contributed by atoms with Gasteiger partial charge in [-0.1, -0.05) is 43.6 Å². The van der Waals surface area contributed by atoms with Crippen LogP contribution in [-0.2, 0) is 17.6 Å². The van der Waals surface area contributed by atoms with Gasteiger partial charge in [0.05, 0.1) is 0 Å². The van der Waals surface area contributed by atoms with Gasteiger partial charge in [0, 0.05) is 40.0 Å². The molecule has 2 aromatic rings. The number of hydrogen-bond donors (Lipinski definition) is 3. The van der Waals surface area contributed by atoms with E-state index >= 15 is 0 Å². The number of aromatic nitrogens is 1. The van der Waals surface area contributed by atoms with Crippen molar-refractivity contribution in [2.45, 2.75) is 58.8 Å². The number of carboxylic acids is 1. The molecule has 1 aliphatic heterocycles. The van der Waals surface area contributed by atoms with E-state index in [1.807, 2.05) is 31.2 Å². The maximum Gasteiger partial charge on any atom is 0.303 e. The zero-order valence-corrected chi connectivity index (χ0v) is 18.4. The summed E-state index contributed by atoms with van der Waals surface area (Å²) in [6.45, 7) is 6.51. The lowest BCUT2D eigenvalue weighted by Crippen LogP contribution is -2.28. The second kappa shape index (κ2) is 7.62. The number of carbonyl (C=O) groups is 1. The number of allylic oxidation sites excluding steroid dienone is 2. The fourth-order valence-corrected chi connectivity index (χ4v) is 5.04. The van der Waals surface area contributed by atoms with Crippen molar-refractivity contribution in [3.8, 4) is 0 Å². The minimum atomic E-state index is -0.822. The summed E-state index contributed by atoms with van der Waals surface area (Å²) in [5.41, 5.74) is 13.7. The molecule has 6 heteroatoms. The van der Waals surface area contributed by atoms with Gasteiger partial charge < -0.3 is 16.2 Å². The predicted molar refractivity (Wildman–Crippen MR) is 121 cm³/mol. The molecule has 2 aliphatic rings. The lowest BCUT2D eigenvalue weighted by molar-refractivity contribution is -0.136. The second-order valence-electron chi connectivity index (χ2n) is 9.18. The third kappa shape index (κ3) is 3.67. The molecular formula is C24H28ClN3O2. The first-order chi connectivity index (χ1) is 14.2. The number of carboxylic acid groups (broad SMARTS) is 1. The van der Waals surface area contributed by atoms with Crippen LogP contribution in [0.15, 0.2) is 35.5 Å². The van der Waals surface area contributed by atoms with Crippen molar-refractivity contribution in [3.05, 3.63) is 62.9 Å². The number of hydrogen-bond acceptors (Lipinski definition) is 4. The second-order valence-corrected chi connectivity index (χ2v) is 9.58. The lowest BCUT2D eigenvalue weighted by Gasteiger charge is -2.37. The maximum absolute atomic E-state index is 11.3. The maximum atomic E-state index is 11.3. The van der Waals surface area contributed by atoms with Crippen LogP contribution < -0.4 is 11.1 Å². The number of benzene rings is 1. The highest BCUT2D eigenvalue weighted by Gasteiger charge is 2.36. The Morgan fingerprint density at radius 3 is 2.80 bits per heavy atom. The third-order valence-corrected chi connectivity index (χ3v) is 6.75. The smallest absolute Gasteiger partial charge is 0.303 e. The quantitative estimate of drug-likeness (QED) is 0.599. The fraction of sp³-hybridized carbons (Fsp3) is 0.417. The Bertz CT molecular complexity index is 1060. The van der Waals surface area contributed by atoms with Crippen LogP contribution in [-0.4, -0.2) is 16.1 Å². The van der Waals surface area contributed by atoms with Crippen molar-refractivity contribution in [2.24, 2.45) is 5.41 Å². The highest BCUT2D eigenvalue weighted by molar-refractivity contribution is 6.31. The molecule has 1 aliphatic carbocycles. The Morgan fingerprint density at radius 2 is 2.10 bits per heavy atom. The highest BCUT2D eigenvalue weighted by atomic mass is 35.5. The molecule has 4 N–H and O–H groups in total. The number of nitrogens with two attached hydrogens (primary N) is 1. The largest absolute Gasteiger partial charge is 0.481 e. The summed E-state index contributed by atoms with van der Waals surface area (Å²) < 4.78 is 0. The van der Waals surface area contributed by atoms with Crippen LogP contribution in [0.25, 0.3) is 0 Å². The van der Waals surface area contributed by atoms with Crippen molar-refractivity contribution in [1.82, 2.24) is 4.98 Å². The van der Waals surface area contributed by atoms with E-state index in [4.69, 9.17) is 22.3 Å². The van der Waals surface area contributed by atoms with Crippen LogP contribution in [0.2, 0.25) is 5.02 Å². The number of anilines is 2. The molecule has 4 rings (SSSR count). The van der Waals surface area contributed by atoms with Crippen molar-refractivity contribution in [2.75, 3.05) is 11.1 Å². The monoisotopic (exact) mass is 425 g/mol. The number of fused-ring (bicyclic) bond motifs is 2. The van der Waals surface area contributed by atoms with E-state index in [9.17, 15) is 9.90 Å². The predicted octanol–water partition coefficient (Wildman–Crippen LogP) is 5.53. The standard InChI is InChI=1S/C24H28ClN3O2/c1-13-14(8-9-19(29)30)20(15-6-4-5-7-17(15)25)21-22(26)16-12-24(2,3)11-10-18(16)28-23(21)27-13/h4-7,20H,8-12H2,1-3H3,(H,29,30)(H3,26,27,28)/t20-/m1/s1. The molecule has 0 spiro atoms. The van der Waals surface area contributed by atoms with Crippen molar-refractivity contribution in [3.63, 3.8) is 0 Å². The molecule has 158 valence electrons. The number of halogens is 1. The van der Waals surface area contributed by atoms with E-state index in [0.717, 1.165) is 64.4 Å². The highest BCUT2D eigenvalue weighted by Crippen LogP contribution is 2.50. The Labute approximate surface area is 182 Å². The van der Waals surface area contributed by atoms with Gasteiger partial charge in [0.15, 0.2) is 0 Å². The van der Waals surface area contributed by atoms with Gasteiger partial charge in [-0.2, -0.15) is 0 Å². The summed E-state index contributed by atoms with van der Waals surface area (Å²) in [5.74, 6) is -0.262. The molecule has 1 aromatic carbocycles. The molecule has 0 fully saturated rings. The topological polar surface area (TPSA) is 88.2 Å². The van der Waals surface area contributed by atoms with Gasteiger partial charge in [-0.15, -0.1) is 0 Å². The van der Waals surface area contributed by atoms with Gasteiger partial charge in [0.25, 0.3) is 0 Å². The van der Waals surface area contributed by atoms with Crippen LogP contribution in [0.1, 0.15) is 68.3 Å². The van der Waals surface area contributed by atoms with Gasteiger partial charge in [0.1, 0.15) is 5.82 Å². The molecule has 0 unspecified atom stereocenters. The van der Waals surface area contributed by atoms with Gasteiger partial charge in [0.2, 0.25) is 0 Å². The fourth-order valence-electron chi connectivity index (χ4n) is 4.80. The molecule has 1 aromatic heterocycles. The molecule has 5 nitrogen and oxygen atoms in total. The molecule has 0 saturated heterocycles. The summed E-state index contributed by atoms with van der Waals surface area (Å²) in [5, 5.41) is 13.4. The minimum absolute atomic E-state index is 0.0515. The number of pyridine rings is 1. The zero-order chi connectivity index (χ0) is 21.6. The normalized spacial score (nSPS) is 19.7. The van der Waals surface area contributed by atoms with Gasteiger partial charge >= 0.3 is 5.97 Å². The first kappa shape index (κ1) is 20.7. The molecule has 0 bridgehead atoms. The van der Waals surface area contributed by atoms with Gasteiger partial charge in [-0.25, -0.2) is 4.98 Å². The third-order valence-electron chi connectivity index (χ3n) is 6.41.